The van der Waals surface area contributed by atoms with Crippen LogP contribution in [0.1, 0.15) is 33.6 Å². The predicted molar refractivity (Wildman–Crippen MR) is 67.3 cm³/mol. The Balaban J connectivity index is 2.80. The molecule has 0 radical (unpaired) electrons. The van der Waals surface area contributed by atoms with Crippen LogP contribution < -0.4 is 9.47 Å². The molecule has 0 saturated heterocycles. The van der Waals surface area contributed by atoms with E-state index in [1.807, 2.05) is 26.0 Å². The first kappa shape index (κ1) is 13.6. The van der Waals surface area contributed by atoms with Gasteiger partial charge in [0.05, 0.1) is 12.5 Å². The van der Waals surface area contributed by atoms with E-state index in [9.17, 15) is 4.79 Å². The van der Waals surface area contributed by atoms with Gasteiger partial charge in [-0.15, -0.1) is 0 Å². The maximum Gasteiger partial charge on any atom is 0.317 e. The zero-order valence-electron chi connectivity index (χ0n) is 10.9. The molecule has 0 amide bonds. The molecule has 3 nitrogen and oxygen atoms in total. The van der Waals surface area contributed by atoms with Gasteiger partial charge in [-0.25, -0.2) is 0 Å². The van der Waals surface area contributed by atoms with Gasteiger partial charge in [-0.1, -0.05) is 25.5 Å². The molecule has 0 saturated carbocycles. The van der Waals surface area contributed by atoms with Crippen LogP contribution in [0.25, 0.3) is 0 Å². The Morgan fingerprint density at radius 3 is 2.35 bits per heavy atom. The van der Waals surface area contributed by atoms with Crippen molar-refractivity contribution in [1.29, 1.82) is 0 Å². The fourth-order valence-electron chi connectivity index (χ4n) is 1.67. The van der Waals surface area contributed by atoms with Gasteiger partial charge in [0.2, 0.25) is 0 Å². The Labute approximate surface area is 103 Å². The van der Waals surface area contributed by atoms with Crippen molar-refractivity contribution in [3.63, 3.8) is 0 Å². The van der Waals surface area contributed by atoms with E-state index >= 15 is 0 Å². The van der Waals surface area contributed by atoms with Gasteiger partial charge >= 0.3 is 5.97 Å². The van der Waals surface area contributed by atoms with Gasteiger partial charge in [0, 0.05) is 0 Å². The van der Waals surface area contributed by atoms with Crippen molar-refractivity contribution in [2.75, 3.05) is 7.11 Å². The molecule has 0 fully saturated rings. The topological polar surface area (TPSA) is 35.5 Å². The van der Waals surface area contributed by atoms with Gasteiger partial charge < -0.3 is 9.47 Å². The number of carbonyl (C=O) groups excluding carboxylic acids is 1. The van der Waals surface area contributed by atoms with Crippen LogP contribution in [0.15, 0.2) is 24.3 Å². The molecule has 0 spiro atoms. The van der Waals surface area contributed by atoms with E-state index in [0.29, 0.717) is 11.5 Å². The van der Waals surface area contributed by atoms with E-state index in [4.69, 9.17) is 9.47 Å². The largest absolute Gasteiger partial charge is 0.493 e. The average molecular weight is 236 g/mol. The Morgan fingerprint density at radius 2 is 1.82 bits per heavy atom. The summed E-state index contributed by atoms with van der Waals surface area (Å²) in [7, 11) is 1.56. The molecule has 0 aliphatic rings. The number of benzene rings is 1. The zero-order chi connectivity index (χ0) is 12.9. The zero-order valence-corrected chi connectivity index (χ0v) is 10.9. The number of methoxy groups -OCH3 is 1. The molecule has 0 bridgehead atoms. The van der Waals surface area contributed by atoms with Gasteiger partial charge in [-0.3, -0.25) is 4.79 Å². The number of hydrogen-bond acceptors (Lipinski definition) is 3. The summed E-state index contributed by atoms with van der Waals surface area (Å²) in [6, 6.07) is 7.17. The molecule has 3 heteroatoms. The highest BCUT2D eigenvalue weighted by Crippen LogP contribution is 2.30. The first-order valence-electron chi connectivity index (χ1n) is 5.86. The molecule has 0 aliphatic carbocycles. The van der Waals surface area contributed by atoms with Crippen molar-refractivity contribution in [2.45, 2.75) is 33.6 Å². The van der Waals surface area contributed by atoms with Gasteiger partial charge in [0.1, 0.15) is 0 Å². The fourth-order valence-corrected chi connectivity index (χ4v) is 1.67. The minimum atomic E-state index is -0.463. The van der Waals surface area contributed by atoms with Crippen molar-refractivity contribution < 1.29 is 14.3 Å². The van der Waals surface area contributed by atoms with Gasteiger partial charge in [-0.05, 0) is 32.4 Å². The summed E-state index contributed by atoms with van der Waals surface area (Å²) in [6.07, 6.45) is 1.76. The molecule has 0 atom stereocenters. The Bertz CT molecular complexity index is 383. The monoisotopic (exact) mass is 236 g/mol. The third-order valence-corrected chi connectivity index (χ3v) is 2.70. The summed E-state index contributed by atoms with van der Waals surface area (Å²) in [5.41, 5.74) is -0.463. The van der Waals surface area contributed by atoms with Crippen molar-refractivity contribution in [3.05, 3.63) is 24.3 Å². The van der Waals surface area contributed by atoms with Gasteiger partial charge in [0.25, 0.3) is 0 Å². The minimum Gasteiger partial charge on any atom is -0.493 e. The van der Waals surface area contributed by atoms with Gasteiger partial charge in [0.15, 0.2) is 11.5 Å². The maximum absolute atomic E-state index is 12.0. The molecule has 17 heavy (non-hydrogen) atoms. The smallest absolute Gasteiger partial charge is 0.317 e. The molecular formula is C14H20O3. The average Bonchev–Trinajstić information content (AvgIpc) is 2.29. The standard InChI is InChI=1S/C14H20O3/c1-5-10-14(2,3)13(15)17-12-9-7-6-8-11(12)16-4/h6-9H,5,10H2,1-4H3. The second-order valence-electron chi connectivity index (χ2n) is 4.67. The molecule has 94 valence electrons. The van der Waals surface area contributed by atoms with E-state index < -0.39 is 5.41 Å². The lowest BCUT2D eigenvalue weighted by Gasteiger charge is -2.22. The molecule has 1 rings (SSSR count). The van der Waals surface area contributed by atoms with Crippen molar-refractivity contribution in [2.24, 2.45) is 5.41 Å². The maximum atomic E-state index is 12.0. The number of carbonyl (C=O) groups is 1. The van der Waals surface area contributed by atoms with Crippen LogP contribution in [0.5, 0.6) is 11.5 Å². The fraction of sp³-hybridized carbons (Fsp3) is 0.500. The summed E-state index contributed by atoms with van der Waals surface area (Å²) < 4.78 is 10.5. The Morgan fingerprint density at radius 1 is 1.24 bits per heavy atom. The van der Waals surface area contributed by atoms with Crippen LogP contribution in [0, 0.1) is 5.41 Å². The lowest BCUT2D eigenvalue weighted by molar-refractivity contribution is -0.144. The molecule has 1 aromatic carbocycles. The quantitative estimate of drug-likeness (QED) is 0.580. The number of ether oxygens (including phenoxy) is 2. The van der Waals surface area contributed by atoms with Crippen LogP contribution >= 0.6 is 0 Å². The SMILES string of the molecule is CCCC(C)(C)C(=O)Oc1ccccc1OC. The van der Waals surface area contributed by atoms with E-state index in [0.717, 1.165) is 12.8 Å². The van der Waals surface area contributed by atoms with Crippen molar-refractivity contribution in [1.82, 2.24) is 0 Å². The third kappa shape index (κ3) is 3.48. The summed E-state index contributed by atoms with van der Waals surface area (Å²) in [5, 5.41) is 0. The highest BCUT2D eigenvalue weighted by Gasteiger charge is 2.29. The molecule has 0 heterocycles. The van der Waals surface area contributed by atoms with E-state index in [2.05, 4.69) is 6.92 Å². The summed E-state index contributed by atoms with van der Waals surface area (Å²) in [6.45, 7) is 5.85. The summed E-state index contributed by atoms with van der Waals surface area (Å²) >= 11 is 0. The van der Waals surface area contributed by atoms with E-state index in [1.165, 1.54) is 0 Å². The Hall–Kier alpha value is -1.51. The first-order valence-corrected chi connectivity index (χ1v) is 5.86. The predicted octanol–water partition coefficient (Wildman–Crippen LogP) is 3.43. The Kier molecular flexibility index (Phi) is 4.55. The first-order chi connectivity index (χ1) is 8.01. The number of para-hydroxylation sites is 2. The molecule has 0 N–H and O–H groups in total. The van der Waals surface area contributed by atoms with Crippen LogP contribution in [0.2, 0.25) is 0 Å². The molecule has 0 unspecified atom stereocenters. The number of rotatable bonds is 5. The normalized spacial score (nSPS) is 11.1. The lowest BCUT2D eigenvalue weighted by Crippen LogP contribution is -2.28. The second kappa shape index (κ2) is 5.71. The number of hydrogen-bond donors (Lipinski definition) is 0. The van der Waals surface area contributed by atoms with Crippen LogP contribution in [-0.2, 0) is 4.79 Å². The van der Waals surface area contributed by atoms with Crippen LogP contribution in [-0.4, -0.2) is 13.1 Å². The van der Waals surface area contributed by atoms with Crippen LogP contribution in [0.4, 0.5) is 0 Å². The third-order valence-electron chi connectivity index (χ3n) is 2.70. The number of esters is 1. The minimum absolute atomic E-state index is 0.219. The highest BCUT2D eigenvalue weighted by molar-refractivity contribution is 5.78. The van der Waals surface area contributed by atoms with Crippen LogP contribution in [0.3, 0.4) is 0 Å². The highest BCUT2D eigenvalue weighted by atomic mass is 16.6. The lowest BCUT2D eigenvalue weighted by atomic mass is 9.88. The van der Waals surface area contributed by atoms with Gasteiger partial charge in [-0.2, -0.15) is 0 Å². The molecule has 0 aliphatic heterocycles. The molecule has 1 aromatic rings. The molecular weight excluding hydrogens is 216 g/mol. The van der Waals surface area contributed by atoms with E-state index in [-0.39, 0.29) is 5.97 Å². The van der Waals surface area contributed by atoms with E-state index in [1.54, 1.807) is 19.2 Å². The summed E-state index contributed by atoms with van der Waals surface area (Å²) in [5.74, 6) is 0.834. The van der Waals surface area contributed by atoms with Crippen molar-refractivity contribution in [3.8, 4) is 11.5 Å². The van der Waals surface area contributed by atoms with Crippen molar-refractivity contribution >= 4 is 5.97 Å². The summed E-state index contributed by atoms with van der Waals surface area (Å²) in [4.78, 5) is 12.0. The molecule has 0 aromatic heterocycles. The second-order valence-corrected chi connectivity index (χ2v) is 4.67.